The summed E-state index contributed by atoms with van der Waals surface area (Å²) >= 11 is 1.37. The molecular formula is C15H16N2O3S. The molecular weight excluding hydrogens is 288 g/mol. The van der Waals surface area contributed by atoms with E-state index in [4.69, 9.17) is 5.73 Å². The first-order valence-electron chi connectivity index (χ1n) is 6.44. The Hall–Kier alpha value is -2.18. The van der Waals surface area contributed by atoms with Gasteiger partial charge in [0, 0.05) is 11.3 Å². The lowest BCUT2D eigenvalue weighted by atomic mass is 10.1. The van der Waals surface area contributed by atoms with Gasteiger partial charge < -0.3 is 16.2 Å². The van der Waals surface area contributed by atoms with E-state index >= 15 is 0 Å². The maximum Gasteiger partial charge on any atom is 0.326 e. The maximum absolute atomic E-state index is 12.1. The van der Waals surface area contributed by atoms with E-state index in [1.807, 2.05) is 35.7 Å². The van der Waals surface area contributed by atoms with Crippen LogP contribution in [0.4, 0.5) is 0 Å². The van der Waals surface area contributed by atoms with Gasteiger partial charge in [-0.15, -0.1) is 11.3 Å². The number of amides is 1. The van der Waals surface area contributed by atoms with Crippen molar-refractivity contribution in [3.05, 3.63) is 58.3 Å². The summed E-state index contributed by atoms with van der Waals surface area (Å²) in [5, 5.41) is 13.6. The number of carboxylic acid groups (broad SMARTS) is 1. The molecule has 6 heteroatoms. The van der Waals surface area contributed by atoms with Crippen molar-refractivity contribution in [2.75, 3.05) is 0 Å². The number of thiophene rings is 1. The van der Waals surface area contributed by atoms with E-state index < -0.39 is 24.0 Å². The summed E-state index contributed by atoms with van der Waals surface area (Å²) in [4.78, 5) is 24.1. The van der Waals surface area contributed by atoms with Gasteiger partial charge in [-0.3, -0.25) is 4.79 Å². The first-order valence-corrected chi connectivity index (χ1v) is 7.32. The highest BCUT2D eigenvalue weighted by molar-refractivity contribution is 7.10. The lowest BCUT2D eigenvalue weighted by Gasteiger charge is -2.17. The highest BCUT2D eigenvalue weighted by atomic mass is 32.1. The predicted octanol–water partition coefficient (Wildman–Crippen LogP) is 1.56. The Kier molecular flexibility index (Phi) is 5.08. The van der Waals surface area contributed by atoms with Crippen molar-refractivity contribution < 1.29 is 14.7 Å². The highest BCUT2D eigenvalue weighted by Gasteiger charge is 2.24. The van der Waals surface area contributed by atoms with E-state index in [-0.39, 0.29) is 6.42 Å². The molecule has 2 rings (SSSR count). The van der Waals surface area contributed by atoms with E-state index in [1.54, 1.807) is 12.1 Å². The number of nitrogens with one attached hydrogen (secondary N) is 1. The third-order valence-electron chi connectivity index (χ3n) is 3.03. The Morgan fingerprint density at radius 3 is 2.48 bits per heavy atom. The van der Waals surface area contributed by atoms with Gasteiger partial charge in [-0.25, -0.2) is 4.79 Å². The van der Waals surface area contributed by atoms with Gasteiger partial charge in [0.15, 0.2) is 0 Å². The zero-order valence-electron chi connectivity index (χ0n) is 11.2. The molecule has 0 fully saturated rings. The first kappa shape index (κ1) is 15.2. The molecule has 2 aromatic rings. The second-order valence-corrected chi connectivity index (χ2v) is 5.56. The number of rotatable bonds is 6. The van der Waals surface area contributed by atoms with Gasteiger partial charge in [0.2, 0.25) is 5.91 Å². The second-order valence-electron chi connectivity index (χ2n) is 4.58. The number of benzene rings is 1. The van der Waals surface area contributed by atoms with Gasteiger partial charge in [-0.2, -0.15) is 0 Å². The summed E-state index contributed by atoms with van der Waals surface area (Å²) in [6, 6.07) is 10.9. The fourth-order valence-electron chi connectivity index (χ4n) is 1.91. The molecule has 1 aromatic carbocycles. The van der Waals surface area contributed by atoms with Crippen molar-refractivity contribution in [2.45, 2.75) is 18.5 Å². The topological polar surface area (TPSA) is 92.4 Å². The van der Waals surface area contributed by atoms with Crippen LogP contribution >= 0.6 is 11.3 Å². The van der Waals surface area contributed by atoms with Crippen molar-refractivity contribution in [3.8, 4) is 0 Å². The van der Waals surface area contributed by atoms with Gasteiger partial charge in [0.1, 0.15) is 12.1 Å². The third kappa shape index (κ3) is 4.14. The number of nitrogens with two attached hydrogens (primary N) is 1. The van der Waals surface area contributed by atoms with Crippen molar-refractivity contribution in [3.63, 3.8) is 0 Å². The first-order chi connectivity index (χ1) is 10.1. The van der Waals surface area contributed by atoms with E-state index in [9.17, 15) is 14.7 Å². The van der Waals surface area contributed by atoms with E-state index in [2.05, 4.69) is 5.32 Å². The monoisotopic (exact) mass is 304 g/mol. The van der Waals surface area contributed by atoms with Crippen molar-refractivity contribution in [1.29, 1.82) is 0 Å². The molecule has 1 aromatic heterocycles. The van der Waals surface area contributed by atoms with Gasteiger partial charge in [0.25, 0.3) is 0 Å². The summed E-state index contributed by atoms with van der Waals surface area (Å²) in [5.74, 6) is -1.56. The third-order valence-corrected chi connectivity index (χ3v) is 3.98. The zero-order chi connectivity index (χ0) is 15.2. The summed E-state index contributed by atoms with van der Waals surface area (Å²) < 4.78 is 0. The molecule has 5 nitrogen and oxygen atoms in total. The van der Waals surface area contributed by atoms with E-state index in [1.165, 1.54) is 11.3 Å². The summed E-state index contributed by atoms with van der Waals surface area (Å²) in [6.45, 7) is 0. The number of hydrogen-bond donors (Lipinski definition) is 3. The number of carbonyl (C=O) groups is 2. The molecule has 0 aliphatic carbocycles. The zero-order valence-corrected chi connectivity index (χ0v) is 12.0. The SMILES string of the molecule is NC(C(=O)NC(Cc1ccccc1)C(=O)O)c1cccs1. The molecule has 1 heterocycles. The molecule has 21 heavy (non-hydrogen) atoms. The lowest BCUT2D eigenvalue weighted by Crippen LogP contribution is -2.45. The van der Waals surface area contributed by atoms with Crippen LogP contribution in [0.5, 0.6) is 0 Å². The molecule has 0 aliphatic heterocycles. The van der Waals surface area contributed by atoms with Crippen LogP contribution in [-0.4, -0.2) is 23.0 Å². The Morgan fingerprint density at radius 2 is 1.90 bits per heavy atom. The van der Waals surface area contributed by atoms with Crippen LogP contribution in [-0.2, 0) is 16.0 Å². The maximum atomic E-state index is 12.1. The summed E-state index contributed by atoms with van der Waals surface area (Å²) in [6.07, 6.45) is 0.221. The van der Waals surface area contributed by atoms with Crippen LogP contribution in [0, 0.1) is 0 Å². The van der Waals surface area contributed by atoms with Gasteiger partial charge in [-0.1, -0.05) is 36.4 Å². The predicted molar refractivity (Wildman–Crippen MR) is 81.0 cm³/mol. The molecule has 110 valence electrons. The normalized spacial score (nSPS) is 13.4. The van der Waals surface area contributed by atoms with Crippen LogP contribution < -0.4 is 11.1 Å². The Morgan fingerprint density at radius 1 is 1.19 bits per heavy atom. The number of carbonyl (C=O) groups excluding carboxylic acids is 1. The van der Waals surface area contributed by atoms with Crippen molar-refractivity contribution in [1.82, 2.24) is 5.32 Å². The minimum Gasteiger partial charge on any atom is -0.480 e. The second kappa shape index (κ2) is 7.01. The molecule has 0 saturated heterocycles. The average molecular weight is 304 g/mol. The summed E-state index contributed by atoms with van der Waals surface area (Å²) in [5.41, 5.74) is 6.67. The number of aliphatic carboxylic acids is 1. The fraction of sp³-hybridized carbons (Fsp3) is 0.200. The van der Waals surface area contributed by atoms with Crippen LogP contribution in [0.3, 0.4) is 0 Å². The molecule has 2 atom stereocenters. The van der Waals surface area contributed by atoms with Crippen LogP contribution in [0.2, 0.25) is 0 Å². The van der Waals surface area contributed by atoms with E-state index in [0.29, 0.717) is 4.88 Å². The fourth-order valence-corrected chi connectivity index (χ4v) is 2.63. The van der Waals surface area contributed by atoms with Crippen LogP contribution in [0.25, 0.3) is 0 Å². The molecule has 4 N–H and O–H groups in total. The molecule has 0 radical (unpaired) electrons. The molecule has 0 aliphatic rings. The van der Waals surface area contributed by atoms with Gasteiger partial charge >= 0.3 is 5.97 Å². The molecule has 2 unspecified atom stereocenters. The Labute approximate surface area is 126 Å². The average Bonchev–Trinajstić information content (AvgIpc) is 3.00. The van der Waals surface area contributed by atoms with Crippen molar-refractivity contribution >= 4 is 23.2 Å². The minimum absolute atomic E-state index is 0.221. The molecule has 0 saturated carbocycles. The quantitative estimate of drug-likeness (QED) is 0.755. The van der Waals surface area contributed by atoms with Gasteiger partial charge in [0.05, 0.1) is 0 Å². The summed E-state index contributed by atoms with van der Waals surface area (Å²) in [7, 11) is 0. The highest BCUT2D eigenvalue weighted by Crippen LogP contribution is 2.17. The Balaban J connectivity index is 2.03. The van der Waals surface area contributed by atoms with Crippen LogP contribution in [0.1, 0.15) is 16.5 Å². The lowest BCUT2D eigenvalue weighted by molar-refractivity contribution is -0.142. The smallest absolute Gasteiger partial charge is 0.326 e. The van der Waals surface area contributed by atoms with E-state index in [0.717, 1.165) is 5.56 Å². The largest absolute Gasteiger partial charge is 0.480 e. The van der Waals surface area contributed by atoms with Crippen LogP contribution in [0.15, 0.2) is 47.8 Å². The number of hydrogen-bond acceptors (Lipinski definition) is 4. The molecule has 0 spiro atoms. The Bertz CT molecular complexity index is 599. The van der Waals surface area contributed by atoms with Crippen molar-refractivity contribution in [2.24, 2.45) is 5.73 Å². The van der Waals surface area contributed by atoms with Gasteiger partial charge in [-0.05, 0) is 17.0 Å². The molecule has 0 bridgehead atoms. The standard InChI is InChI=1S/C15H16N2O3S/c16-13(12-7-4-8-21-12)14(18)17-11(15(19)20)9-10-5-2-1-3-6-10/h1-8,11,13H,9,16H2,(H,17,18)(H,19,20). The molecule has 1 amide bonds. The number of carboxylic acids is 1. The minimum atomic E-state index is -1.08.